The van der Waals surface area contributed by atoms with Crippen molar-refractivity contribution in [1.29, 1.82) is 0 Å². The Bertz CT molecular complexity index is 5920. The van der Waals surface area contributed by atoms with Crippen LogP contribution in [0.15, 0.2) is 271 Å². The number of rotatable bonds is 28. The Morgan fingerprint density at radius 3 is 0.806 bits per heavy atom. The fraction of sp³-hybridized carbons (Fsp3) is 0.266. The highest BCUT2D eigenvalue weighted by Gasteiger charge is 2.29. The van der Waals surface area contributed by atoms with E-state index in [0.29, 0.717) is 39.3 Å². The van der Waals surface area contributed by atoms with Gasteiger partial charge in [0.25, 0.3) is 23.6 Å². The van der Waals surface area contributed by atoms with Crippen LogP contribution in [0.25, 0.3) is 44.5 Å². The number of aryl methyl sites for hydroxylation is 2. The molecule has 0 atom stereocenters. The average Bonchev–Trinajstić information content (AvgIpc) is 0.808. The number of carbonyl (C=O) groups is 8. The van der Waals surface area contributed by atoms with Gasteiger partial charge in [-0.25, -0.2) is 19.2 Å². The molecule has 700 valence electrons. The SMILES string of the molecule is CN(C)CCN(C)c1ccc(O)c(C(=O)Nc2cc(-c3ccccc3)ccc2C(=O)O)c1.CN(C)CCN(C)c1ccc(O)c(C(=O)Nc2cc(-c3ccccc3)ccc2C(=O)OC(C)(C)C)c1.Cc1ccc(Br)cc1C(=O)Nc1cc(-c2ccccc2)ccc1C(=O)OC(C)(C)C.Cc1ccc(N(C)CCN(C)C)cc1C(=O)Nc1cc(-c2ccccc2)ccc1C(=O)OC(C)(C)C. The van der Waals surface area contributed by atoms with Gasteiger partial charge in [0, 0.05) is 93.1 Å². The number of hydrogen-bond acceptors (Lipinski definition) is 19. The Balaban J connectivity index is 0.000000201. The fourth-order valence-corrected chi connectivity index (χ4v) is 13.9. The summed E-state index contributed by atoms with van der Waals surface area (Å²) in [6.07, 6.45) is 0. The molecule has 0 saturated heterocycles. The zero-order valence-electron chi connectivity index (χ0n) is 80.0. The van der Waals surface area contributed by atoms with Crippen molar-refractivity contribution in [2.45, 2.75) is 93.0 Å². The van der Waals surface area contributed by atoms with Crippen LogP contribution >= 0.6 is 15.9 Å². The molecule has 0 fully saturated rings. The van der Waals surface area contributed by atoms with Gasteiger partial charge in [-0.2, -0.15) is 0 Å². The number of ether oxygens (including phenoxy) is 3. The number of aromatic hydroxyl groups is 2. The first-order valence-electron chi connectivity index (χ1n) is 43.9. The van der Waals surface area contributed by atoms with E-state index in [1.165, 1.54) is 18.2 Å². The number of carbonyl (C=O) groups excluding carboxylic acids is 7. The number of esters is 3. The largest absolute Gasteiger partial charge is 0.507 e. The van der Waals surface area contributed by atoms with Gasteiger partial charge in [0.15, 0.2) is 0 Å². The van der Waals surface area contributed by atoms with Crippen LogP contribution in [0, 0.1) is 13.8 Å². The summed E-state index contributed by atoms with van der Waals surface area (Å²) >= 11 is 3.41. The molecule has 134 heavy (non-hydrogen) atoms. The summed E-state index contributed by atoms with van der Waals surface area (Å²) in [7, 11) is 17.9. The molecule has 0 aliphatic carbocycles. The van der Waals surface area contributed by atoms with Crippen molar-refractivity contribution in [2.24, 2.45) is 0 Å². The standard InChI is InChI=1S/C30H37N3O3.C29H35N3O4.C25H24BrNO3.C25H27N3O4/c1-21-13-15-24(33(7)18-17-32(5)6)20-26(21)28(34)31-27-19-23(22-11-9-8-10-12-22)14-16-25(27)29(35)36-30(2,3)4;1-29(2,3)36-28(35)23-14-12-21(20-10-8-7-9-11-20)18-25(23)30-27(34)24-19-22(13-15-26(24)33)32(6)17-16-31(4)5;1-16-10-12-19(26)15-21(16)23(28)27-22-14-18(17-8-6-5-7-9-17)11-13-20(22)24(29)30-25(2,3)4;1-27(2)13-14-28(3)19-10-12-23(29)21(16-19)24(30)26-22-15-18(9-11-20(22)25(31)32)17-7-5-4-6-8-17/h8-16,19-20H,17-18H2,1-7H3,(H,31,34);7-15,18-19,33H,16-17H2,1-6H3,(H,30,34);5-15H,1-4H3,(H,27,28);4-12,15-16,29H,13-14H2,1-3H3,(H,26,30)(H,31,32). The highest BCUT2D eigenvalue weighted by atomic mass is 79.9. The number of nitrogens with one attached hydrogen (secondary N) is 4. The second kappa shape index (κ2) is 47.2. The predicted molar refractivity (Wildman–Crippen MR) is 544 cm³/mol. The minimum Gasteiger partial charge on any atom is -0.507 e. The number of phenolic OH excluding ortho intramolecular Hbond substituents is 2. The quantitative estimate of drug-likeness (QED) is 0.0177. The number of amides is 4. The first kappa shape index (κ1) is 103. The third-order valence-electron chi connectivity index (χ3n) is 20.9. The van der Waals surface area contributed by atoms with E-state index in [2.05, 4.69) is 56.8 Å². The molecular formula is C109H123BrN10O14. The second-order valence-corrected chi connectivity index (χ2v) is 37.1. The van der Waals surface area contributed by atoms with Crippen LogP contribution in [0.4, 0.5) is 39.8 Å². The Hall–Kier alpha value is -14.2. The third-order valence-corrected chi connectivity index (χ3v) is 21.4. The van der Waals surface area contributed by atoms with Gasteiger partial charge in [0.05, 0.1) is 56.1 Å². The lowest BCUT2D eigenvalue weighted by Crippen LogP contribution is -2.28. The van der Waals surface area contributed by atoms with Crippen molar-refractivity contribution in [2.75, 3.05) is 139 Å². The van der Waals surface area contributed by atoms with Gasteiger partial charge in [-0.3, -0.25) is 19.2 Å². The van der Waals surface area contributed by atoms with E-state index >= 15 is 0 Å². The summed E-state index contributed by atoms with van der Waals surface area (Å²) < 4.78 is 17.5. The maximum Gasteiger partial charge on any atom is 0.340 e. The van der Waals surface area contributed by atoms with E-state index < -0.39 is 52.5 Å². The average molecular weight is 1880 g/mol. The van der Waals surface area contributed by atoms with Gasteiger partial charge in [-0.15, -0.1) is 0 Å². The van der Waals surface area contributed by atoms with E-state index in [1.807, 2.05) is 305 Å². The van der Waals surface area contributed by atoms with Crippen LogP contribution in [0.3, 0.4) is 0 Å². The van der Waals surface area contributed by atoms with Crippen LogP contribution in [-0.4, -0.2) is 197 Å². The van der Waals surface area contributed by atoms with E-state index in [-0.39, 0.29) is 51.3 Å². The first-order valence-corrected chi connectivity index (χ1v) is 44.7. The number of phenols is 2. The summed E-state index contributed by atoms with van der Waals surface area (Å²) in [6.45, 7) is 24.9. The maximum absolute atomic E-state index is 13.5. The fourth-order valence-electron chi connectivity index (χ4n) is 13.6. The Morgan fingerprint density at radius 1 is 0.284 bits per heavy atom. The normalized spacial score (nSPS) is 11.1. The molecule has 0 spiro atoms. The molecule has 12 aromatic carbocycles. The lowest BCUT2D eigenvalue weighted by molar-refractivity contribution is 0.00580. The highest BCUT2D eigenvalue weighted by Crippen LogP contribution is 2.36. The molecule has 0 saturated carbocycles. The maximum atomic E-state index is 13.5. The summed E-state index contributed by atoms with van der Waals surface area (Å²) in [5, 5.41) is 41.7. The second-order valence-electron chi connectivity index (χ2n) is 36.2. The van der Waals surface area contributed by atoms with E-state index in [1.54, 1.807) is 93.6 Å². The predicted octanol–water partition coefficient (Wildman–Crippen LogP) is 21.8. The minimum absolute atomic E-state index is 0.0308. The summed E-state index contributed by atoms with van der Waals surface area (Å²) in [5.41, 5.74) is 12.8. The van der Waals surface area contributed by atoms with Crippen molar-refractivity contribution in [3.05, 3.63) is 327 Å². The van der Waals surface area contributed by atoms with E-state index in [9.17, 15) is 53.7 Å². The summed E-state index contributed by atoms with van der Waals surface area (Å²) in [4.78, 5) is 116. The molecule has 12 rings (SSSR count). The number of halogens is 1. The minimum atomic E-state index is -1.15. The molecule has 0 aliphatic heterocycles. The van der Waals surface area contributed by atoms with Gasteiger partial charge in [0.1, 0.15) is 28.3 Å². The Kier molecular flexibility index (Phi) is 36.5. The summed E-state index contributed by atoms with van der Waals surface area (Å²) in [6, 6.07) is 80.6. The topological polar surface area (TPSA) is 292 Å². The monoisotopic (exact) mass is 1870 g/mol. The van der Waals surface area contributed by atoms with Gasteiger partial charge in [-0.05, 0) is 283 Å². The Labute approximate surface area is 795 Å². The molecule has 0 unspecified atom stereocenters. The van der Waals surface area contributed by atoms with Crippen molar-refractivity contribution < 1.29 is 67.9 Å². The first-order chi connectivity index (χ1) is 63.3. The number of carboxylic acid groups (broad SMARTS) is 1. The molecular weight excluding hydrogens is 1750 g/mol. The molecule has 0 heterocycles. The Morgan fingerprint density at radius 2 is 0.530 bits per heavy atom. The summed E-state index contributed by atoms with van der Waals surface area (Å²) in [5.74, 6) is -4.65. The molecule has 24 nitrogen and oxygen atoms in total. The van der Waals surface area contributed by atoms with Crippen LogP contribution in [0.2, 0.25) is 0 Å². The lowest BCUT2D eigenvalue weighted by atomic mass is 10.0. The van der Waals surface area contributed by atoms with Crippen LogP contribution in [-0.2, 0) is 14.2 Å². The van der Waals surface area contributed by atoms with Crippen LogP contribution < -0.4 is 36.0 Å². The van der Waals surface area contributed by atoms with Crippen molar-refractivity contribution in [1.82, 2.24) is 14.7 Å². The number of benzene rings is 12. The smallest absolute Gasteiger partial charge is 0.340 e. The van der Waals surface area contributed by atoms with E-state index in [4.69, 9.17) is 14.2 Å². The van der Waals surface area contributed by atoms with Crippen molar-refractivity contribution >= 4 is 103 Å². The van der Waals surface area contributed by atoms with E-state index in [0.717, 1.165) is 116 Å². The number of anilines is 7. The molecule has 4 amide bonds. The number of hydrogen-bond donors (Lipinski definition) is 7. The van der Waals surface area contributed by atoms with Gasteiger partial charge >= 0.3 is 23.9 Å². The zero-order valence-corrected chi connectivity index (χ0v) is 81.6. The van der Waals surface area contributed by atoms with Crippen molar-refractivity contribution in [3.8, 4) is 56.0 Å². The molecule has 0 aromatic heterocycles. The molecule has 7 N–H and O–H groups in total. The van der Waals surface area contributed by atoms with Gasteiger partial charge in [-0.1, -0.05) is 174 Å². The molecule has 0 radical (unpaired) electrons. The zero-order chi connectivity index (χ0) is 98.1. The number of likely N-dealkylation sites (N-methyl/N-ethyl adjacent to an activating group) is 6. The van der Waals surface area contributed by atoms with Gasteiger partial charge < -0.3 is 80.2 Å². The number of nitrogens with zero attached hydrogens (tertiary/aromatic N) is 6. The number of carboxylic acids is 1. The van der Waals surface area contributed by atoms with Crippen LogP contribution in [0.1, 0.15) is 156 Å². The lowest BCUT2D eigenvalue weighted by Gasteiger charge is -2.23. The molecule has 25 heteroatoms. The van der Waals surface area contributed by atoms with Gasteiger partial charge in [0.2, 0.25) is 0 Å². The van der Waals surface area contributed by atoms with Crippen LogP contribution in [0.5, 0.6) is 11.5 Å². The third kappa shape index (κ3) is 30.9. The van der Waals surface area contributed by atoms with Crippen molar-refractivity contribution in [3.63, 3.8) is 0 Å². The molecule has 12 aromatic rings. The highest BCUT2D eigenvalue weighted by molar-refractivity contribution is 9.10. The number of aromatic carboxylic acids is 1. The molecule has 0 bridgehead atoms. The molecule has 0 aliphatic rings.